The van der Waals surface area contributed by atoms with Gasteiger partial charge in [-0.05, 0) is 54.3 Å². The highest BCUT2D eigenvalue weighted by Gasteiger charge is 2.33. The summed E-state index contributed by atoms with van der Waals surface area (Å²) in [7, 11) is 0. The Morgan fingerprint density at radius 1 is 0.943 bits per heavy atom. The van der Waals surface area contributed by atoms with E-state index < -0.39 is 5.79 Å². The fourth-order valence-corrected chi connectivity index (χ4v) is 4.11. The zero-order valence-electron chi connectivity index (χ0n) is 20.9. The van der Waals surface area contributed by atoms with Crippen molar-refractivity contribution >= 4 is 0 Å². The zero-order chi connectivity index (χ0) is 24.7. The summed E-state index contributed by atoms with van der Waals surface area (Å²) in [4.78, 5) is 4.87. The number of aryl methyl sites for hydroxylation is 1. The third-order valence-electron chi connectivity index (χ3n) is 5.87. The van der Waals surface area contributed by atoms with Crippen LogP contribution in [0.15, 0.2) is 48.5 Å². The van der Waals surface area contributed by atoms with E-state index in [1.54, 1.807) is 0 Å². The van der Waals surface area contributed by atoms with Gasteiger partial charge in [-0.15, -0.1) is 5.10 Å². The predicted molar refractivity (Wildman–Crippen MR) is 133 cm³/mol. The first-order chi connectivity index (χ1) is 17.1. The Balaban J connectivity index is 1.61. The lowest BCUT2D eigenvalue weighted by molar-refractivity contribution is -0.234. The highest BCUT2D eigenvalue weighted by atomic mass is 16.7. The number of unbranched alkanes of at least 4 members (excludes halogenated alkanes) is 1. The smallest absolute Gasteiger partial charge is 0.229 e. The van der Waals surface area contributed by atoms with Crippen molar-refractivity contribution < 1.29 is 9.47 Å². The van der Waals surface area contributed by atoms with Crippen LogP contribution in [-0.2, 0) is 28.2 Å². The summed E-state index contributed by atoms with van der Waals surface area (Å²) in [6, 6.07) is 16.6. The largest absolute Gasteiger partial charge is 0.344 e. The average molecular weight is 476 g/mol. The van der Waals surface area contributed by atoms with Crippen LogP contribution in [0.2, 0.25) is 0 Å². The van der Waals surface area contributed by atoms with Gasteiger partial charge in [-0.1, -0.05) is 61.9 Å². The Morgan fingerprint density at radius 3 is 2.29 bits per heavy atom. The van der Waals surface area contributed by atoms with Crippen molar-refractivity contribution in [3.63, 3.8) is 0 Å². The van der Waals surface area contributed by atoms with Crippen LogP contribution in [0, 0.1) is 0 Å². The first-order valence-corrected chi connectivity index (χ1v) is 12.2. The molecule has 0 radical (unpaired) electrons. The molecule has 0 amide bonds. The number of aromatic amines is 1. The normalized spacial score (nSPS) is 11.8. The topological polar surface area (TPSA) is 104 Å². The fraction of sp³-hybridized carbons (Fsp3) is 0.423. The van der Waals surface area contributed by atoms with Crippen LogP contribution in [0.1, 0.15) is 57.7 Å². The van der Waals surface area contributed by atoms with Crippen molar-refractivity contribution in [1.82, 2.24) is 35.4 Å². The van der Waals surface area contributed by atoms with Crippen molar-refractivity contribution in [3.05, 3.63) is 65.7 Å². The standard InChI is InChI=1S/C26H33N7O2/c1-5-8-17-33-23(27-25(30-33)26(4,34-6-2)35-7-3)18-19-13-15-20(16-14-19)21-11-9-10-12-22(21)24-28-31-32-29-24/h9-16H,5-8,17-18H2,1-4H3,(H,28,29,31,32). The number of nitrogens with zero attached hydrogens (tertiary/aromatic N) is 6. The summed E-state index contributed by atoms with van der Waals surface area (Å²) in [6.45, 7) is 9.80. The molecule has 0 unspecified atom stereocenters. The zero-order valence-corrected chi connectivity index (χ0v) is 20.9. The molecule has 0 aliphatic carbocycles. The summed E-state index contributed by atoms with van der Waals surface area (Å²) in [5.74, 6) is 1.16. The van der Waals surface area contributed by atoms with Crippen LogP contribution >= 0.6 is 0 Å². The van der Waals surface area contributed by atoms with E-state index in [0.717, 1.165) is 47.5 Å². The van der Waals surface area contributed by atoms with Gasteiger partial charge in [-0.25, -0.2) is 14.8 Å². The number of hydrogen-bond donors (Lipinski definition) is 1. The molecule has 9 nitrogen and oxygen atoms in total. The van der Waals surface area contributed by atoms with E-state index in [-0.39, 0.29) is 0 Å². The molecule has 35 heavy (non-hydrogen) atoms. The van der Waals surface area contributed by atoms with Crippen molar-refractivity contribution in [2.24, 2.45) is 0 Å². The van der Waals surface area contributed by atoms with Gasteiger partial charge in [0.2, 0.25) is 11.6 Å². The van der Waals surface area contributed by atoms with Crippen molar-refractivity contribution in [2.75, 3.05) is 13.2 Å². The van der Waals surface area contributed by atoms with Crippen LogP contribution in [-0.4, -0.2) is 48.6 Å². The third-order valence-corrected chi connectivity index (χ3v) is 5.87. The predicted octanol–water partition coefficient (Wildman–Crippen LogP) is 4.76. The number of ether oxygens (including phenoxy) is 2. The van der Waals surface area contributed by atoms with Gasteiger partial charge in [-0.2, -0.15) is 5.10 Å². The van der Waals surface area contributed by atoms with E-state index in [2.05, 4.69) is 57.9 Å². The molecule has 1 N–H and O–H groups in total. The number of tetrazole rings is 1. The summed E-state index contributed by atoms with van der Waals surface area (Å²) in [5, 5.41) is 19.1. The molecule has 2 aromatic carbocycles. The van der Waals surface area contributed by atoms with Crippen LogP contribution in [0.5, 0.6) is 0 Å². The van der Waals surface area contributed by atoms with E-state index in [1.165, 1.54) is 0 Å². The van der Waals surface area contributed by atoms with Crippen molar-refractivity contribution in [2.45, 2.75) is 59.3 Å². The molecule has 0 aliphatic rings. The Labute approximate surface area is 205 Å². The van der Waals surface area contributed by atoms with Gasteiger partial charge >= 0.3 is 0 Å². The van der Waals surface area contributed by atoms with Gasteiger partial charge < -0.3 is 9.47 Å². The van der Waals surface area contributed by atoms with E-state index in [1.807, 2.05) is 43.7 Å². The molecule has 4 rings (SSSR count). The number of hydrogen-bond acceptors (Lipinski definition) is 7. The van der Waals surface area contributed by atoms with Crippen LogP contribution in [0.4, 0.5) is 0 Å². The van der Waals surface area contributed by atoms with Crippen molar-refractivity contribution in [3.8, 4) is 22.5 Å². The lowest BCUT2D eigenvalue weighted by Gasteiger charge is -2.25. The second-order valence-corrected chi connectivity index (χ2v) is 8.41. The Morgan fingerprint density at radius 2 is 1.66 bits per heavy atom. The minimum absolute atomic E-state index is 0.516. The van der Waals surface area contributed by atoms with E-state index in [9.17, 15) is 0 Å². The van der Waals surface area contributed by atoms with Gasteiger partial charge in [0.25, 0.3) is 0 Å². The summed E-state index contributed by atoms with van der Waals surface area (Å²) >= 11 is 0. The average Bonchev–Trinajstić information content (AvgIpc) is 3.54. The lowest BCUT2D eigenvalue weighted by Crippen LogP contribution is -2.31. The highest BCUT2D eigenvalue weighted by Crippen LogP contribution is 2.30. The Hall–Kier alpha value is -3.43. The van der Waals surface area contributed by atoms with Gasteiger partial charge in [0.05, 0.1) is 0 Å². The molecule has 0 bridgehead atoms. The molecule has 4 aromatic rings. The molecule has 2 aromatic heterocycles. The Kier molecular flexibility index (Phi) is 7.99. The molecule has 2 heterocycles. The first kappa shape index (κ1) is 24.7. The summed E-state index contributed by atoms with van der Waals surface area (Å²) < 4.78 is 13.8. The molecule has 0 aliphatic heterocycles. The molecule has 0 saturated heterocycles. The summed E-state index contributed by atoms with van der Waals surface area (Å²) in [6.07, 6.45) is 2.78. The maximum atomic E-state index is 5.91. The maximum Gasteiger partial charge on any atom is 0.229 e. The van der Waals surface area contributed by atoms with E-state index in [0.29, 0.717) is 31.3 Å². The van der Waals surface area contributed by atoms with Gasteiger partial charge in [0, 0.05) is 31.7 Å². The summed E-state index contributed by atoms with van der Waals surface area (Å²) in [5.41, 5.74) is 4.27. The van der Waals surface area contributed by atoms with Gasteiger partial charge in [0.15, 0.2) is 5.82 Å². The molecule has 0 atom stereocenters. The minimum Gasteiger partial charge on any atom is -0.344 e. The molecular weight excluding hydrogens is 442 g/mol. The molecule has 0 saturated carbocycles. The molecule has 0 spiro atoms. The second kappa shape index (κ2) is 11.3. The molecule has 9 heteroatoms. The Bertz CT molecular complexity index is 1200. The highest BCUT2D eigenvalue weighted by molar-refractivity contribution is 5.80. The maximum absolute atomic E-state index is 5.91. The van der Waals surface area contributed by atoms with E-state index in [4.69, 9.17) is 19.6 Å². The second-order valence-electron chi connectivity index (χ2n) is 8.41. The SMILES string of the molecule is CCCCn1nc(C(C)(OCC)OCC)nc1Cc1ccc(-c2ccccc2-c2nnn[nH]2)cc1. The minimum atomic E-state index is -0.959. The number of aromatic nitrogens is 7. The van der Waals surface area contributed by atoms with Crippen molar-refractivity contribution in [1.29, 1.82) is 0 Å². The monoisotopic (exact) mass is 475 g/mol. The number of nitrogens with one attached hydrogen (secondary N) is 1. The first-order valence-electron chi connectivity index (χ1n) is 12.2. The number of H-pyrrole nitrogens is 1. The lowest BCUT2D eigenvalue weighted by atomic mass is 9.98. The molecular formula is C26H33N7O2. The fourth-order valence-electron chi connectivity index (χ4n) is 4.11. The molecule has 184 valence electrons. The van der Waals surface area contributed by atoms with Gasteiger partial charge in [-0.3, -0.25) is 0 Å². The van der Waals surface area contributed by atoms with E-state index >= 15 is 0 Å². The number of benzene rings is 2. The number of rotatable bonds is 12. The van der Waals surface area contributed by atoms with Crippen LogP contribution in [0.25, 0.3) is 22.5 Å². The molecule has 0 fully saturated rings. The third kappa shape index (κ3) is 5.63. The van der Waals surface area contributed by atoms with Crippen LogP contribution < -0.4 is 0 Å². The quantitative estimate of drug-likeness (QED) is 0.295. The van der Waals surface area contributed by atoms with Gasteiger partial charge in [0.1, 0.15) is 5.82 Å². The van der Waals surface area contributed by atoms with Crippen LogP contribution in [0.3, 0.4) is 0 Å².